The molecular weight excluding hydrogens is 340 g/mol. The summed E-state index contributed by atoms with van der Waals surface area (Å²) in [6.45, 7) is 2.83. The van der Waals surface area contributed by atoms with E-state index >= 15 is 0 Å². The predicted molar refractivity (Wildman–Crippen MR) is 89.6 cm³/mol. The number of tetrazole rings is 1. The number of para-hydroxylation sites is 1. The molecule has 2 aromatic heterocycles. The maximum atomic E-state index is 10.7. The highest BCUT2D eigenvalue weighted by Crippen LogP contribution is 2.20. The third-order valence-corrected chi connectivity index (χ3v) is 4.02. The van der Waals surface area contributed by atoms with E-state index in [0.717, 1.165) is 31.0 Å². The van der Waals surface area contributed by atoms with Gasteiger partial charge in [-0.3, -0.25) is 4.79 Å². The first-order valence-electron chi connectivity index (χ1n) is 8.08. The van der Waals surface area contributed by atoms with Gasteiger partial charge in [0.15, 0.2) is 6.54 Å². The average molecular weight is 356 g/mol. The highest BCUT2D eigenvalue weighted by atomic mass is 16.5. The van der Waals surface area contributed by atoms with E-state index in [-0.39, 0.29) is 18.3 Å². The second-order valence-corrected chi connectivity index (χ2v) is 5.75. The quantitative estimate of drug-likeness (QED) is 0.674. The van der Waals surface area contributed by atoms with E-state index in [2.05, 4.69) is 42.6 Å². The van der Waals surface area contributed by atoms with Gasteiger partial charge in [0.05, 0.1) is 0 Å². The Kier molecular flexibility index (Phi) is 4.17. The zero-order valence-electron chi connectivity index (χ0n) is 13.8. The van der Waals surface area contributed by atoms with Crippen LogP contribution in [0.2, 0.25) is 0 Å². The second kappa shape index (κ2) is 6.78. The molecule has 11 nitrogen and oxygen atoms in total. The molecule has 0 radical (unpaired) electrons. The first kappa shape index (κ1) is 16.0. The van der Waals surface area contributed by atoms with Crippen molar-refractivity contribution < 1.29 is 14.4 Å². The summed E-state index contributed by atoms with van der Waals surface area (Å²) in [5.41, 5.74) is 1.19. The summed E-state index contributed by atoms with van der Waals surface area (Å²) in [5.74, 6) is -0.381. The van der Waals surface area contributed by atoms with Crippen LogP contribution >= 0.6 is 0 Å². The van der Waals surface area contributed by atoms with Crippen LogP contribution in [0.25, 0.3) is 11.7 Å². The summed E-state index contributed by atoms with van der Waals surface area (Å²) in [6.07, 6.45) is 0. The van der Waals surface area contributed by atoms with Crippen LogP contribution in [0.15, 0.2) is 34.9 Å². The lowest BCUT2D eigenvalue weighted by Gasteiger charge is -2.35. The number of benzene rings is 1. The van der Waals surface area contributed by atoms with Crippen molar-refractivity contribution in [2.24, 2.45) is 0 Å². The van der Waals surface area contributed by atoms with E-state index in [1.165, 1.54) is 5.69 Å². The Bertz CT molecular complexity index is 885. The number of anilines is 2. The van der Waals surface area contributed by atoms with Crippen molar-refractivity contribution >= 4 is 17.6 Å². The van der Waals surface area contributed by atoms with E-state index in [1.807, 2.05) is 23.1 Å². The lowest BCUT2D eigenvalue weighted by Crippen LogP contribution is -2.46. The van der Waals surface area contributed by atoms with Crippen molar-refractivity contribution in [2.45, 2.75) is 6.54 Å². The number of hydrogen-bond acceptors (Lipinski definition) is 9. The van der Waals surface area contributed by atoms with E-state index < -0.39 is 5.97 Å². The summed E-state index contributed by atoms with van der Waals surface area (Å²) in [5, 5.41) is 24.0. The van der Waals surface area contributed by atoms with Gasteiger partial charge in [0.2, 0.25) is 0 Å². The van der Waals surface area contributed by atoms with Gasteiger partial charge >= 0.3 is 11.9 Å². The monoisotopic (exact) mass is 356 g/mol. The molecule has 0 amide bonds. The van der Waals surface area contributed by atoms with Crippen molar-refractivity contribution in [3.63, 3.8) is 0 Å². The molecule has 0 bridgehead atoms. The Hall–Kier alpha value is -3.50. The maximum Gasteiger partial charge on any atom is 0.327 e. The molecular formula is C15H16N8O3. The number of aliphatic carboxylic acids is 1. The zero-order chi connectivity index (χ0) is 17.9. The Morgan fingerprint density at radius 1 is 1.12 bits per heavy atom. The van der Waals surface area contributed by atoms with Crippen LogP contribution in [0.3, 0.4) is 0 Å². The third kappa shape index (κ3) is 3.31. The number of carbonyl (C=O) groups is 1. The fourth-order valence-electron chi connectivity index (χ4n) is 2.76. The number of carboxylic acids is 1. The van der Waals surface area contributed by atoms with E-state index in [1.54, 1.807) is 0 Å². The fraction of sp³-hybridized carbons (Fsp3) is 0.333. The molecule has 1 fully saturated rings. The van der Waals surface area contributed by atoms with E-state index in [4.69, 9.17) is 9.63 Å². The molecule has 134 valence electrons. The van der Waals surface area contributed by atoms with Gasteiger partial charge in [-0.2, -0.15) is 9.78 Å². The highest BCUT2D eigenvalue weighted by molar-refractivity contribution is 5.66. The molecule has 1 aromatic carbocycles. The molecule has 0 unspecified atom stereocenters. The van der Waals surface area contributed by atoms with Gasteiger partial charge in [-0.1, -0.05) is 18.2 Å². The minimum absolute atomic E-state index is 0.105. The fourth-order valence-corrected chi connectivity index (χ4v) is 2.76. The third-order valence-electron chi connectivity index (χ3n) is 4.02. The molecule has 0 aliphatic carbocycles. The van der Waals surface area contributed by atoms with Crippen LogP contribution < -0.4 is 9.80 Å². The van der Waals surface area contributed by atoms with Crippen molar-refractivity contribution in [2.75, 3.05) is 36.0 Å². The Balaban J connectivity index is 1.41. The van der Waals surface area contributed by atoms with Crippen LogP contribution in [0.1, 0.15) is 0 Å². The molecule has 1 aliphatic heterocycles. The number of carboxylic acid groups (broad SMARTS) is 1. The largest absolute Gasteiger partial charge is 0.480 e. The molecule has 0 spiro atoms. The molecule has 11 heteroatoms. The number of aromatic nitrogens is 6. The highest BCUT2D eigenvalue weighted by Gasteiger charge is 2.23. The topological polar surface area (TPSA) is 126 Å². The standard InChI is InChI=1S/C15H16N8O3/c24-12(25)10-23-18-13(17-20-23)14-16-15(19-26-14)22-8-6-21(7-9-22)11-4-2-1-3-5-11/h1-5H,6-10H2,(H,24,25). The zero-order valence-corrected chi connectivity index (χ0v) is 13.8. The van der Waals surface area contributed by atoms with Gasteiger partial charge in [0.1, 0.15) is 0 Å². The van der Waals surface area contributed by atoms with Gasteiger partial charge in [-0.05, 0) is 22.5 Å². The molecule has 26 heavy (non-hydrogen) atoms. The Morgan fingerprint density at radius 2 is 1.85 bits per heavy atom. The van der Waals surface area contributed by atoms with Gasteiger partial charge < -0.3 is 19.4 Å². The molecule has 1 saturated heterocycles. The summed E-state index contributed by atoms with van der Waals surface area (Å²) >= 11 is 0. The van der Waals surface area contributed by atoms with Crippen molar-refractivity contribution in [1.29, 1.82) is 0 Å². The van der Waals surface area contributed by atoms with Gasteiger partial charge in [0, 0.05) is 31.9 Å². The van der Waals surface area contributed by atoms with Crippen LogP contribution in [0.4, 0.5) is 11.6 Å². The summed E-state index contributed by atoms with van der Waals surface area (Å²) in [7, 11) is 0. The number of nitrogens with zero attached hydrogens (tertiary/aromatic N) is 8. The number of piperazine rings is 1. The molecule has 3 aromatic rings. The minimum atomic E-state index is -1.06. The van der Waals surface area contributed by atoms with Gasteiger partial charge in [0.25, 0.3) is 11.8 Å². The van der Waals surface area contributed by atoms with Crippen molar-refractivity contribution in [3.05, 3.63) is 30.3 Å². The maximum absolute atomic E-state index is 10.7. The first-order valence-corrected chi connectivity index (χ1v) is 8.08. The number of hydrogen-bond donors (Lipinski definition) is 1. The van der Waals surface area contributed by atoms with E-state index in [9.17, 15) is 4.79 Å². The van der Waals surface area contributed by atoms with Gasteiger partial charge in [-0.25, -0.2) is 0 Å². The smallest absolute Gasteiger partial charge is 0.327 e. The van der Waals surface area contributed by atoms with Crippen molar-refractivity contribution in [3.8, 4) is 11.7 Å². The molecule has 4 rings (SSSR count). The molecule has 0 saturated carbocycles. The SMILES string of the molecule is O=C(O)Cn1nnc(-c2nc(N3CCN(c4ccccc4)CC3)no2)n1. The Morgan fingerprint density at radius 3 is 2.58 bits per heavy atom. The summed E-state index contributed by atoms with van der Waals surface area (Å²) in [6, 6.07) is 10.2. The predicted octanol–water partition coefficient (Wildman–Crippen LogP) is 0.134. The van der Waals surface area contributed by atoms with Gasteiger partial charge in [-0.15, -0.1) is 10.2 Å². The lowest BCUT2D eigenvalue weighted by molar-refractivity contribution is -0.138. The molecule has 1 aliphatic rings. The van der Waals surface area contributed by atoms with E-state index in [0.29, 0.717) is 5.95 Å². The lowest BCUT2D eigenvalue weighted by atomic mass is 10.2. The first-order chi connectivity index (χ1) is 12.7. The van der Waals surface area contributed by atoms with Crippen molar-refractivity contribution in [1.82, 2.24) is 30.3 Å². The second-order valence-electron chi connectivity index (χ2n) is 5.75. The average Bonchev–Trinajstić information content (AvgIpc) is 3.31. The molecule has 0 atom stereocenters. The van der Waals surface area contributed by atoms with Crippen LogP contribution in [0, 0.1) is 0 Å². The summed E-state index contributed by atoms with van der Waals surface area (Å²) in [4.78, 5) is 20.2. The Labute approximate surface area is 147 Å². The number of rotatable bonds is 5. The van der Waals surface area contributed by atoms with Crippen LogP contribution in [0.5, 0.6) is 0 Å². The normalized spacial score (nSPS) is 14.6. The minimum Gasteiger partial charge on any atom is -0.480 e. The molecule has 1 N–H and O–H groups in total. The van der Waals surface area contributed by atoms with Crippen LogP contribution in [-0.4, -0.2) is 67.6 Å². The van der Waals surface area contributed by atoms with Crippen LogP contribution in [-0.2, 0) is 11.3 Å². The summed E-state index contributed by atoms with van der Waals surface area (Å²) < 4.78 is 5.19. The molecule has 3 heterocycles.